The SMILES string of the molecule is CCCCC1C(N)C(C)CC1(S)CC(S)CC. The molecule has 1 nitrogen and oxygen atoms in total. The van der Waals surface area contributed by atoms with E-state index in [1.165, 1.54) is 19.3 Å². The predicted octanol–water partition coefficient (Wildman–Crippen LogP) is 3.93. The van der Waals surface area contributed by atoms with Gasteiger partial charge in [-0.3, -0.25) is 0 Å². The first-order valence-corrected chi connectivity index (χ1v) is 8.07. The van der Waals surface area contributed by atoms with Gasteiger partial charge in [0.1, 0.15) is 0 Å². The monoisotopic (exact) mass is 275 g/mol. The molecule has 0 radical (unpaired) electrons. The Morgan fingerprint density at radius 1 is 1.41 bits per heavy atom. The third kappa shape index (κ3) is 3.81. The van der Waals surface area contributed by atoms with Gasteiger partial charge in [-0.25, -0.2) is 0 Å². The minimum Gasteiger partial charge on any atom is -0.327 e. The molecule has 1 rings (SSSR count). The topological polar surface area (TPSA) is 26.0 Å². The first-order chi connectivity index (χ1) is 7.94. The Hall–Kier alpha value is 0.660. The van der Waals surface area contributed by atoms with Crippen LogP contribution in [0.1, 0.15) is 59.3 Å². The minimum absolute atomic E-state index is 0.121. The molecule has 0 heterocycles. The quantitative estimate of drug-likeness (QED) is 0.629. The zero-order valence-electron chi connectivity index (χ0n) is 11.5. The van der Waals surface area contributed by atoms with E-state index < -0.39 is 0 Å². The van der Waals surface area contributed by atoms with E-state index >= 15 is 0 Å². The van der Waals surface area contributed by atoms with Gasteiger partial charge in [-0.15, -0.1) is 0 Å². The van der Waals surface area contributed by atoms with Crippen molar-refractivity contribution in [1.29, 1.82) is 0 Å². The molecule has 1 aliphatic rings. The maximum atomic E-state index is 6.38. The van der Waals surface area contributed by atoms with Gasteiger partial charge in [0.05, 0.1) is 0 Å². The lowest BCUT2D eigenvalue weighted by molar-refractivity contribution is 0.340. The zero-order chi connectivity index (χ0) is 13.1. The highest BCUT2D eigenvalue weighted by Gasteiger charge is 2.48. The van der Waals surface area contributed by atoms with Crippen LogP contribution in [0.4, 0.5) is 0 Å². The molecule has 1 saturated carbocycles. The number of nitrogens with two attached hydrogens (primary N) is 1. The van der Waals surface area contributed by atoms with Crippen LogP contribution in [-0.4, -0.2) is 16.0 Å². The fraction of sp³-hybridized carbons (Fsp3) is 1.00. The Morgan fingerprint density at radius 3 is 2.59 bits per heavy atom. The summed E-state index contributed by atoms with van der Waals surface area (Å²) in [5.74, 6) is 1.17. The highest BCUT2D eigenvalue weighted by atomic mass is 32.1. The van der Waals surface area contributed by atoms with Gasteiger partial charge in [0.15, 0.2) is 0 Å². The molecule has 102 valence electrons. The lowest BCUT2D eigenvalue weighted by Gasteiger charge is -2.34. The van der Waals surface area contributed by atoms with E-state index in [9.17, 15) is 0 Å². The molecule has 0 bridgehead atoms. The first kappa shape index (κ1) is 15.7. The van der Waals surface area contributed by atoms with Crippen molar-refractivity contribution in [3.8, 4) is 0 Å². The van der Waals surface area contributed by atoms with Crippen molar-refractivity contribution in [2.75, 3.05) is 0 Å². The molecule has 5 unspecified atom stereocenters. The molecule has 5 atom stereocenters. The van der Waals surface area contributed by atoms with Gasteiger partial charge in [0.25, 0.3) is 0 Å². The van der Waals surface area contributed by atoms with Crippen LogP contribution in [0.15, 0.2) is 0 Å². The Kier molecular flexibility index (Phi) is 6.21. The smallest absolute Gasteiger partial charge is 0.0186 e. The van der Waals surface area contributed by atoms with Crippen LogP contribution in [0.3, 0.4) is 0 Å². The Labute approximate surface area is 118 Å². The van der Waals surface area contributed by atoms with Crippen molar-refractivity contribution < 1.29 is 0 Å². The molecule has 0 spiro atoms. The zero-order valence-corrected chi connectivity index (χ0v) is 13.3. The van der Waals surface area contributed by atoms with Crippen molar-refractivity contribution in [2.45, 2.75) is 75.3 Å². The maximum absolute atomic E-state index is 6.38. The fourth-order valence-corrected chi connectivity index (χ4v) is 4.55. The van der Waals surface area contributed by atoms with Gasteiger partial charge in [0.2, 0.25) is 0 Å². The molecular weight excluding hydrogens is 246 g/mol. The highest BCUT2D eigenvalue weighted by Crippen LogP contribution is 2.49. The van der Waals surface area contributed by atoms with Gasteiger partial charge in [-0.2, -0.15) is 25.3 Å². The van der Waals surface area contributed by atoms with Crippen molar-refractivity contribution in [3.05, 3.63) is 0 Å². The molecule has 1 aliphatic carbocycles. The molecule has 0 amide bonds. The molecule has 1 fully saturated rings. The van der Waals surface area contributed by atoms with E-state index in [1.54, 1.807) is 0 Å². The molecular formula is C14H29NS2. The maximum Gasteiger partial charge on any atom is 0.0186 e. The second kappa shape index (κ2) is 6.72. The molecule has 0 aromatic carbocycles. The van der Waals surface area contributed by atoms with Crippen LogP contribution in [0.25, 0.3) is 0 Å². The summed E-state index contributed by atoms with van der Waals surface area (Å²) in [5.41, 5.74) is 6.38. The van der Waals surface area contributed by atoms with Crippen LogP contribution < -0.4 is 5.73 Å². The van der Waals surface area contributed by atoms with Crippen LogP contribution in [-0.2, 0) is 0 Å². The number of rotatable bonds is 6. The van der Waals surface area contributed by atoms with E-state index in [1.807, 2.05) is 0 Å². The summed E-state index contributed by atoms with van der Waals surface area (Å²) in [6, 6.07) is 0.330. The second-order valence-electron chi connectivity index (χ2n) is 5.88. The molecule has 0 aromatic rings. The van der Waals surface area contributed by atoms with Gasteiger partial charge in [0, 0.05) is 16.0 Å². The summed E-state index contributed by atoms with van der Waals surface area (Å²) in [5, 5.41) is 0.467. The minimum atomic E-state index is 0.121. The number of unbranched alkanes of at least 4 members (excludes halogenated alkanes) is 1. The van der Waals surface area contributed by atoms with Gasteiger partial charge in [-0.1, -0.05) is 33.6 Å². The summed E-state index contributed by atoms with van der Waals surface area (Å²) >= 11 is 9.69. The second-order valence-corrected chi connectivity index (χ2v) is 7.50. The van der Waals surface area contributed by atoms with E-state index in [0.717, 1.165) is 19.3 Å². The van der Waals surface area contributed by atoms with Crippen LogP contribution in [0, 0.1) is 11.8 Å². The van der Waals surface area contributed by atoms with Crippen molar-refractivity contribution >= 4 is 25.3 Å². The van der Waals surface area contributed by atoms with Crippen molar-refractivity contribution in [2.24, 2.45) is 17.6 Å². The van der Waals surface area contributed by atoms with Gasteiger partial charge < -0.3 is 5.73 Å². The largest absolute Gasteiger partial charge is 0.327 e. The van der Waals surface area contributed by atoms with E-state index in [2.05, 4.69) is 33.4 Å². The summed E-state index contributed by atoms with van der Waals surface area (Å²) in [4.78, 5) is 0. The van der Waals surface area contributed by atoms with E-state index in [0.29, 0.717) is 23.1 Å². The summed E-state index contributed by atoms with van der Waals surface area (Å²) in [6.07, 6.45) is 7.13. The van der Waals surface area contributed by atoms with Gasteiger partial charge >= 0.3 is 0 Å². The lowest BCUT2D eigenvalue weighted by atomic mass is 9.84. The Morgan fingerprint density at radius 2 is 2.06 bits per heavy atom. The summed E-state index contributed by atoms with van der Waals surface area (Å²) in [6.45, 7) is 6.73. The van der Waals surface area contributed by atoms with Crippen LogP contribution in [0.2, 0.25) is 0 Å². The number of thiol groups is 2. The Balaban J connectivity index is 2.72. The highest BCUT2D eigenvalue weighted by molar-refractivity contribution is 7.82. The summed E-state index contributed by atoms with van der Waals surface area (Å²) in [7, 11) is 0. The predicted molar refractivity (Wildman–Crippen MR) is 84.2 cm³/mol. The molecule has 0 saturated heterocycles. The fourth-order valence-electron chi connectivity index (χ4n) is 3.27. The third-order valence-corrected chi connectivity index (χ3v) is 5.66. The van der Waals surface area contributed by atoms with Crippen molar-refractivity contribution in [1.82, 2.24) is 0 Å². The third-order valence-electron chi connectivity index (χ3n) is 4.42. The molecule has 0 aromatic heterocycles. The van der Waals surface area contributed by atoms with Crippen LogP contribution in [0.5, 0.6) is 0 Å². The normalized spacial score (nSPS) is 39.5. The molecule has 2 N–H and O–H groups in total. The summed E-state index contributed by atoms with van der Waals surface area (Å²) < 4.78 is 0.121. The average Bonchev–Trinajstić information content (AvgIpc) is 2.47. The number of hydrogen-bond donors (Lipinski definition) is 3. The van der Waals surface area contributed by atoms with E-state index in [4.69, 9.17) is 18.4 Å². The average molecular weight is 276 g/mol. The standard InChI is InChI=1S/C14H29NS2/c1-4-6-7-12-13(15)10(3)8-14(12,17)9-11(16)5-2/h10-13,16-17H,4-9,15H2,1-3H3. The van der Waals surface area contributed by atoms with Crippen LogP contribution >= 0.6 is 25.3 Å². The number of hydrogen-bond acceptors (Lipinski definition) is 3. The van der Waals surface area contributed by atoms with Crippen molar-refractivity contribution in [3.63, 3.8) is 0 Å². The molecule has 3 heteroatoms. The Bertz CT molecular complexity index is 234. The first-order valence-electron chi connectivity index (χ1n) is 7.10. The lowest BCUT2D eigenvalue weighted by Crippen LogP contribution is -2.38. The van der Waals surface area contributed by atoms with Gasteiger partial charge in [-0.05, 0) is 37.5 Å². The molecule has 17 heavy (non-hydrogen) atoms. The molecule has 0 aliphatic heterocycles. The van der Waals surface area contributed by atoms with E-state index in [-0.39, 0.29) is 4.75 Å².